The van der Waals surface area contributed by atoms with Gasteiger partial charge in [-0.15, -0.1) is 0 Å². The molecule has 2 unspecified atom stereocenters. The summed E-state index contributed by atoms with van der Waals surface area (Å²) in [6.45, 7) is 8.56. The van der Waals surface area contributed by atoms with E-state index in [1.165, 1.54) is 25.9 Å². The minimum absolute atomic E-state index is 0.0236. The second-order valence-corrected chi connectivity index (χ2v) is 5.42. The lowest BCUT2D eigenvalue weighted by molar-refractivity contribution is -0.134. The minimum Gasteiger partial charge on any atom is -0.366 e. The first kappa shape index (κ1) is 13.8. The molecule has 0 radical (unpaired) electrons. The van der Waals surface area contributed by atoms with Crippen LogP contribution in [-0.2, 0) is 9.53 Å². The molecule has 2 rings (SSSR count). The summed E-state index contributed by atoms with van der Waals surface area (Å²) in [4.78, 5) is 14.3. The van der Waals surface area contributed by atoms with Crippen LogP contribution in [0.1, 0.15) is 19.8 Å². The van der Waals surface area contributed by atoms with E-state index < -0.39 is 0 Å². The van der Waals surface area contributed by atoms with Gasteiger partial charge in [0, 0.05) is 26.2 Å². The second-order valence-electron chi connectivity index (χ2n) is 5.42. The molecule has 2 aliphatic rings. The molecule has 5 nitrogen and oxygen atoms in total. The number of ether oxygens (including phenoxy) is 1. The fourth-order valence-corrected chi connectivity index (χ4v) is 2.59. The number of morpholine rings is 1. The third kappa shape index (κ3) is 4.23. The molecule has 0 aliphatic carbocycles. The van der Waals surface area contributed by atoms with E-state index in [9.17, 15) is 4.79 Å². The van der Waals surface area contributed by atoms with Crippen molar-refractivity contribution in [2.24, 2.45) is 5.92 Å². The van der Waals surface area contributed by atoms with Crippen molar-refractivity contribution in [2.75, 3.05) is 45.9 Å². The minimum atomic E-state index is -0.308. The number of carbonyl (C=O) groups excluding carboxylic acids is 1. The van der Waals surface area contributed by atoms with E-state index in [0.29, 0.717) is 19.1 Å². The summed E-state index contributed by atoms with van der Waals surface area (Å²) in [6, 6.07) is 0. The van der Waals surface area contributed by atoms with Crippen LogP contribution in [0.5, 0.6) is 0 Å². The van der Waals surface area contributed by atoms with E-state index in [1.807, 2.05) is 0 Å². The number of likely N-dealkylation sites (tertiary alicyclic amines) is 1. The van der Waals surface area contributed by atoms with Crippen LogP contribution in [0.4, 0.5) is 0 Å². The number of hydrogen-bond acceptors (Lipinski definition) is 4. The molecule has 2 N–H and O–H groups in total. The lowest BCUT2D eigenvalue weighted by atomic mass is 10.1. The molecule has 2 saturated heterocycles. The Labute approximate surface area is 109 Å². The zero-order chi connectivity index (χ0) is 12.8. The Morgan fingerprint density at radius 1 is 1.50 bits per heavy atom. The van der Waals surface area contributed by atoms with Crippen LogP contribution in [0.3, 0.4) is 0 Å². The zero-order valence-electron chi connectivity index (χ0n) is 11.3. The van der Waals surface area contributed by atoms with Gasteiger partial charge in [0.1, 0.15) is 6.10 Å². The van der Waals surface area contributed by atoms with Crippen LogP contribution in [0.15, 0.2) is 0 Å². The van der Waals surface area contributed by atoms with Crippen molar-refractivity contribution in [3.63, 3.8) is 0 Å². The highest BCUT2D eigenvalue weighted by molar-refractivity contribution is 5.81. The smallest absolute Gasteiger partial charge is 0.250 e. The van der Waals surface area contributed by atoms with Crippen LogP contribution < -0.4 is 10.6 Å². The van der Waals surface area contributed by atoms with E-state index >= 15 is 0 Å². The average Bonchev–Trinajstić information content (AvgIpc) is 2.90. The Morgan fingerprint density at radius 2 is 2.28 bits per heavy atom. The molecule has 0 aromatic rings. The van der Waals surface area contributed by atoms with E-state index in [2.05, 4.69) is 22.5 Å². The fourth-order valence-electron chi connectivity index (χ4n) is 2.59. The maximum atomic E-state index is 11.9. The summed E-state index contributed by atoms with van der Waals surface area (Å²) in [5.74, 6) is 0.527. The maximum Gasteiger partial charge on any atom is 0.250 e. The van der Waals surface area contributed by atoms with Gasteiger partial charge in [-0.1, -0.05) is 6.92 Å². The predicted octanol–water partition coefficient (Wildman–Crippen LogP) is -0.177. The van der Waals surface area contributed by atoms with Gasteiger partial charge in [-0.2, -0.15) is 0 Å². The highest BCUT2D eigenvalue weighted by Crippen LogP contribution is 2.09. The SMILES string of the molecule is CC(CNC(=O)C1CNCCO1)CN1CCCC1. The summed E-state index contributed by atoms with van der Waals surface area (Å²) < 4.78 is 5.42. The van der Waals surface area contributed by atoms with Gasteiger partial charge < -0.3 is 20.3 Å². The lowest BCUT2D eigenvalue weighted by Crippen LogP contribution is -2.49. The van der Waals surface area contributed by atoms with Crippen LogP contribution >= 0.6 is 0 Å². The molecule has 1 amide bonds. The summed E-state index contributed by atoms with van der Waals surface area (Å²) in [5.41, 5.74) is 0. The third-order valence-corrected chi connectivity index (χ3v) is 3.61. The number of nitrogens with zero attached hydrogens (tertiary/aromatic N) is 1. The van der Waals surface area contributed by atoms with Crippen molar-refractivity contribution in [2.45, 2.75) is 25.9 Å². The van der Waals surface area contributed by atoms with Gasteiger partial charge in [0.2, 0.25) is 5.91 Å². The Kier molecular flexibility index (Phi) is 5.41. The molecular weight excluding hydrogens is 230 g/mol. The van der Waals surface area contributed by atoms with E-state index in [0.717, 1.165) is 19.6 Å². The normalized spacial score (nSPS) is 27.1. The number of rotatable bonds is 5. The van der Waals surface area contributed by atoms with E-state index in [1.54, 1.807) is 0 Å². The van der Waals surface area contributed by atoms with Crippen LogP contribution in [0.2, 0.25) is 0 Å². The monoisotopic (exact) mass is 255 g/mol. The van der Waals surface area contributed by atoms with Crippen molar-refractivity contribution < 1.29 is 9.53 Å². The number of carbonyl (C=O) groups is 1. The van der Waals surface area contributed by atoms with E-state index in [-0.39, 0.29) is 12.0 Å². The van der Waals surface area contributed by atoms with Crippen molar-refractivity contribution in [3.8, 4) is 0 Å². The van der Waals surface area contributed by atoms with Gasteiger partial charge in [-0.3, -0.25) is 4.79 Å². The Bertz CT molecular complexity index is 261. The lowest BCUT2D eigenvalue weighted by Gasteiger charge is -2.24. The van der Waals surface area contributed by atoms with Gasteiger partial charge in [0.25, 0.3) is 0 Å². The number of nitrogens with one attached hydrogen (secondary N) is 2. The Morgan fingerprint density at radius 3 is 2.94 bits per heavy atom. The van der Waals surface area contributed by atoms with Gasteiger partial charge in [0.15, 0.2) is 0 Å². The molecule has 0 spiro atoms. The Hall–Kier alpha value is -0.650. The van der Waals surface area contributed by atoms with Gasteiger partial charge in [-0.05, 0) is 31.8 Å². The first-order valence-electron chi connectivity index (χ1n) is 7.08. The number of hydrogen-bond donors (Lipinski definition) is 2. The molecule has 2 fully saturated rings. The third-order valence-electron chi connectivity index (χ3n) is 3.61. The second kappa shape index (κ2) is 7.07. The summed E-state index contributed by atoms with van der Waals surface area (Å²) >= 11 is 0. The first-order valence-corrected chi connectivity index (χ1v) is 7.08. The van der Waals surface area contributed by atoms with E-state index in [4.69, 9.17) is 4.74 Å². The molecule has 2 aliphatic heterocycles. The molecule has 0 saturated carbocycles. The highest BCUT2D eigenvalue weighted by atomic mass is 16.5. The summed E-state index contributed by atoms with van der Waals surface area (Å²) in [7, 11) is 0. The fraction of sp³-hybridized carbons (Fsp3) is 0.923. The van der Waals surface area contributed by atoms with Gasteiger partial charge in [0.05, 0.1) is 6.61 Å². The van der Waals surface area contributed by atoms with Crippen LogP contribution in [0, 0.1) is 5.92 Å². The molecule has 104 valence electrons. The topological polar surface area (TPSA) is 53.6 Å². The molecule has 0 bridgehead atoms. The highest BCUT2D eigenvalue weighted by Gasteiger charge is 2.22. The molecule has 0 aromatic carbocycles. The molecule has 2 heterocycles. The number of amides is 1. The maximum absolute atomic E-state index is 11.9. The first-order chi connectivity index (χ1) is 8.75. The molecule has 2 atom stereocenters. The van der Waals surface area contributed by atoms with Crippen molar-refractivity contribution in [1.29, 1.82) is 0 Å². The molecule has 0 aromatic heterocycles. The van der Waals surface area contributed by atoms with Crippen molar-refractivity contribution >= 4 is 5.91 Å². The van der Waals surface area contributed by atoms with Crippen molar-refractivity contribution in [1.82, 2.24) is 15.5 Å². The largest absolute Gasteiger partial charge is 0.366 e. The van der Waals surface area contributed by atoms with Gasteiger partial charge in [-0.25, -0.2) is 0 Å². The summed E-state index contributed by atoms with van der Waals surface area (Å²) in [5, 5.41) is 6.16. The molecule has 18 heavy (non-hydrogen) atoms. The predicted molar refractivity (Wildman–Crippen MR) is 70.5 cm³/mol. The van der Waals surface area contributed by atoms with Gasteiger partial charge >= 0.3 is 0 Å². The quantitative estimate of drug-likeness (QED) is 0.716. The summed E-state index contributed by atoms with van der Waals surface area (Å²) in [6.07, 6.45) is 2.33. The Balaban J connectivity index is 1.61. The molecule has 5 heteroatoms. The average molecular weight is 255 g/mol. The standard InChI is InChI=1S/C13H25N3O2/c1-11(10-16-5-2-3-6-16)8-15-13(17)12-9-14-4-7-18-12/h11-12,14H,2-10H2,1H3,(H,15,17). The molecular formula is C13H25N3O2. The zero-order valence-corrected chi connectivity index (χ0v) is 11.3. The van der Waals surface area contributed by atoms with Crippen LogP contribution in [-0.4, -0.2) is 62.8 Å². The van der Waals surface area contributed by atoms with Crippen molar-refractivity contribution in [3.05, 3.63) is 0 Å². The van der Waals surface area contributed by atoms with Crippen LogP contribution in [0.25, 0.3) is 0 Å².